The van der Waals surface area contributed by atoms with Gasteiger partial charge in [0.15, 0.2) is 0 Å². The Morgan fingerprint density at radius 3 is 2.45 bits per heavy atom. The van der Waals surface area contributed by atoms with Crippen molar-refractivity contribution in [3.63, 3.8) is 0 Å². The molecule has 0 atom stereocenters. The zero-order valence-corrected chi connectivity index (χ0v) is 13.4. The molecule has 2 aromatic rings. The smallest absolute Gasteiger partial charge is 0.265 e. The van der Waals surface area contributed by atoms with Gasteiger partial charge in [-0.15, -0.1) is 0 Å². The van der Waals surface area contributed by atoms with Crippen LogP contribution in [0, 0.1) is 5.82 Å². The standard InChI is InChI=1S/C16H18FNO3S/c1-11(2)13-6-4-5-7-14(13)18-22(19,20)16-10-12(17)8-9-15(16)21-3/h4-11,18H,1-3H3. The van der Waals surface area contributed by atoms with Crippen LogP contribution in [0.4, 0.5) is 10.1 Å². The number of rotatable bonds is 5. The van der Waals surface area contributed by atoms with Gasteiger partial charge in [0.05, 0.1) is 12.8 Å². The zero-order valence-electron chi connectivity index (χ0n) is 12.6. The second-order valence-electron chi connectivity index (χ2n) is 5.14. The van der Waals surface area contributed by atoms with Gasteiger partial charge in [-0.25, -0.2) is 12.8 Å². The average Bonchev–Trinajstić information content (AvgIpc) is 2.47. The highest BCUT2D eigenvalue weighted by Crippen LogP contribution is 2.29. The maximum absolute atomic E-state index is 13.4. The van der Waals surface area contributed by atoms with Crippen LogP contribution in [0.3, 0.4) is 0 Å². The molecule has 0 heterocycles. The molecule has 0 aliphatic carbocycles. The monoisotopic (exact) mass is 323 g/mol. The highest BCUT2D eigenvalue weighted by atomic mass is 32.2. The Bertz CT molecular complexity index is 773. The fourth-order valence-corrected chi connectivity index (χ4v) is 3.42. The molecular formula is C16H18FNO3S. The largest absolute Gasteiger partial charge is 0.495 e. The van der Waals surface area contributed by atoms with Gasteiger partial charge in [0.1, 0.15) is 16.5 Å². The lowest BCUT2D eigenvalue weighted by Crippen LogP contribution is -2.15. The molecule has 0 spiro atoms. The Morgan fingerprint density at radius 1 is 1.14 bits per heavy atom. The molecule has 6 heteroatoms. The average molecular weight is 323 g/mol. The van der Waals surface area contributed by atoms with Crippen molar-refractivity contribution in [2.75, 3.05) is 11.8 Å². The molecule has 0 aromatic heterocycles. The number of methoxy groups -OCH3 is 1. The summed E-state index contributed by atoms with van der Waals surface area (Å²) >= 11 is 0. The van der Waals surface area contributed by atoms with Crippen LogP contribution in [-0.4, -0.2) is 15.5 Å². The van der Waals surface area contributed by atoms with E-state index in [-0.39, 0.29) is 16.6 Å². The molecule has 0 unspecified atom stereocenters. The minimum Gasteiger partial charge on any atom is -0.495 e. The highest BCUT2D eigenvalue weighted by Gasteiger charge is 2.22. The molecule has 0 fully saturated rings. The predicted molar refractivity (Wildman–Crippen MR) is 84.3 cm³/mol. The number of nitrogens with one attached hydrogen (secondary N) is 1. The van der Waals surface area contributed by atoms with Crippen LogP contribution in [0.15, 0.2) is 47.4 Å². The van der Waals surface area contributed by atoms with Gasteiger partial charge in [-0.2, -0.15) is 0 Å². The molecule has 1 N–H and O–H groups in total. The normalized spacial score (nSPS) is 11.5. The van der Waals surface area contributed by atoms with Crippen LogP contribution in [0.25, 0.3) is 0 Å². The predicted octanol–water partition coefficient (Wildman–Crippen LogP) is 3.76. The van der Waals surface area contributed by atoms with E-state index in [1.54, 1.807) is 12.1 Å². The van der Waals surface area contributed by atoms with Crippen molar-refractivity contribution in [2.45, 2.75) is 24.7 Å². The van der Waals surface area contributed by atoms with Crippen molar-refractivity contribution in [3.05, 3.63) is 53.8 Å². The highest BCUT2D eigenvalue weighted by molar-refractivity contribution is 7.92. The molecule has 0 bridgehead atoms. The van der Waals surface area contributed by atoms with Crippen molar-refractivity contribution in [2.24, 2.45) is 0 Å². The fourth-order valence-electron chi connectivity index (χ4n) is 2.15. The number of hydrogen-bond acceptors (Lipinski definition) is 3. The summed E-state index contributed by atoms with van der Waals surface area (Å²) in [5, 5.41) is 0. The first-order valence-electron chi connectivity index (χ1n) is 6.80. The van der Waals surface area contributed by atoms with Crippen molar-refractivity contribution in [1.82, 2.24) is 0 Å². The molecule has 0 aliphatic heterocycles. The summed E-state index contributed by atoms with van der Waals surface area (Å²) < 4.78 is 46.0. The van der Waals surface area contributed by atoms with Crippen LogP contribution in [0.2, 0.25) is 0 Å². The van der Waals surface area contributed by atoms with Gasteiger partial charge < -0.3 is 4.74 Å². The van der Waals surface area contributed by atoms with E-state index in [9.17, 15) is 12.8 Å². The quantitative estimate of drug-likeness (QED) is 0.911. The summed E-state index contributed by atoms with van der Waals surface area (Å²) in [4.78, 5) is -0.228. The van der Waals surface area contributed by atoms with E-state index >= 15 is 0 Å². The van der Waals surface area contributed by atoms with Gasteiger partial charge in [0.25, 0.3) is 10.0 Å². The maximum Gasteiger partial charge on any atom is 0.265 e. The van der Waals surface area contributed by atoms with E-state index in [0.717, 1.165) is 17.7 Å². The number of ether oxygens (including phenoxy) is 1. The summed E-state index contributed by atoms with van der Waals surface area (Å²) in [5.41, 5.74) is 1.34. The summed E-state index contributed by atoms with van der Waals surface area (Å²) in [5.74, 6) is -0.400. The molecule has 0 saturated heterocycles. The van der Waals surface area contributed by atoms with E-state index in [4.69, 9.17) is 4.74 Å². The molecule has 0 saturated carbocycles. The first-order chi connectivity index (χ1) is 10.3. The zero-order chi connectivity index (χ0) is 16.3. The van der Waals surface area contributed by atoms with Crippen molar-refractivity contribution < 1.29 is 17.5 Å². The van der Waals surface area contributed by atoms with E-state index in [2.05, 4.69) is 4.72 Å². The van der Waals surface area contributed by atoms with Crippen LogP contribution < -0.4 is 9.46 Å². The molecule has 118 valence electrons. The number of para-hydroxylation sites is 1. The van der Waals surface area contributed by atoms with Crippen LogP contribution in [0.5, 0.6) is 5.75 Å². The molecule has 4 nitrogen and oxygen atoms in total. The lowest BCUT2D eigenvalue weighted by atomic mass is 10.0. The number of anilines is 1. The van der Waals surface area contributed by atoms with Crippen LogP contribution in [-0.2, 0) is 10.0 Å². The van der Waals surface area contributed by atoms with Crippen molar-refractivity contribution in [3.8, 4) is 5.75 Å². The third kappa shape index (κ3) is 3.39. The Balaban J connectivity index is 2.47. The summed E-state index contributed by atoms with van der Waals surface area (Å²) in [6, 6.07) is 10.5. The summed E-state index contributed by atoms with van der Waals surface area (Å²) in [7, 11) is -2.61. The van der Waals surface area contributed by atoms with E-state index in [1.807, 2.05) is 26.0 Å². The third-order valence-corrected chi connectivity index (χ3v) is 4.63. The Kier molecular flexibility index (Phi) is 4.71. The Morgan fingerprint density at radius 2 is 1.82 bits per heavy atom. The number of sulfonamides is 1. The van der Waals surface area contributed by atoms with Gasteiger partial charge in [-0.05, 0) is 35.7 Å². The lowest BCUT2D eigenvalue weighted by molar-refractivity contribution is 0.401. The van der Waals surface area contributed by atoms with E-state index < -0.39 is 15.8 Å². The van der Waals surface area contributed by atoms with Gasteiger partial charge in [0.2, 0.25) is 0 Å². The third-order valence-electron chi connectivity index (χ3n) is 3.24. The first-order valence-corrected chi connectivity index (χ1v) is 8.28. The first kappa shape index (κ1) is 16.3. The van der Waals surface area contributed by atoms with E-state index in [1.165, 1.54) is 13.2 Å². The molecular weight excluding hydrogens is 305 g/mol. The minimum atomic E-state index is -3.95. The molecule has 2 rings (SSSR count). The SMILES string of the molecule is COc1ccc(F)cc1S(=O)(=O)Nc1ccccc1C(C)C. The molecule has 0 radical (unpaired) electrons. The summed E-state index contributed by atoms with van der Waals surface area (Å²) in [6.07, 6.45) is 0. The maximum atomic E-state index is 13.4. The molecule has 0 aliphatic rings. The van der Waals surface area contributed by atoms with Gasteiger partial charge in [-0.1, -0.05) is 32.0 Å². The molecule has 2 aromatic carbocycles. The van der Waals surface area contributed by atoms with Crippen LogP contribution in [0.1, 0.15) is 25.3 Å². The molecule has 0 amide bonds. The number of hydrogen-bond donors (Lipinski definition) is 1. The van der Waals surface area contributed by atoms with Gasteiger partial charge in [-0.3, -0.25) is 4.72 Å². The topological polar surface area (TPSA) is 55.4 Å². The van der Waals surface area contributed by atoms with Crippen molar-refractivity contribution in [1.29, 1.82) is 0 Å². The van der Waals surface area contributed by atoms with Crippen molar-refractivity contribution >= 4 is 15.7 Å². The summed E-state index contributed by atoms with van der Waals surface area (Å²) in [6.45, 7) is 3.94. The second kappa shape index (κ2) is 6.36. The number of halogens is 1. The van der Waals surface area contributed by atoms with Crippen LogP contribution >= 0.6 is 0 Å². The number of benzene rings is 2. The van der Waals surface area contributed by atoms with Gasteiger partial charge in [0, 0.05) is 0 Å². The van der Waals surface area contributed by atoms with E-state index in [0.29, 0.717) is 5.69 Å². The molecule has 22 heavy (non-hydrogen) atoms. The lowest BCUT2D eigenvalue weighted by Gasteiger charge is -2.16. The van der Waals surface area contributed by atoms with Gasteiger partial charge >= 0.3 is 0 Å². The Labute approximate surface area is 130 Å². The fraction of sp³-hybridized carbons (Fsp3) is 0.250. The Hall–Kier alpha value is -2.08. The second-order valence-corrected chi connectivity index (χ2v) is 6.79. The minimum absolute atomic E-state index is 0.0935.